The fraction of sp³-hybridized carbons (Fsp3) is 0.250. The van der Waals surface area contributed by atoms with Crippen molar-refractivity contribution in [3.63, 3.8) is 0 Å². The highest BCUT2D eigenvalue weighted by Gasteiger charge is 2.09. The van der Waals surface area contributed by atoms with Gasteiger partial charge in [-0.25, -0.2) is 0 Å². The number of rotatable bonds is 2. The molecule has 0 radical (unpaired) electrons. The number of alkyl halides is 2. The van der Waals surface area contributed by atoms with Gasteiger partial charge in [0.2, 0.25) is 0 Å². The zero-order valence-corrected chi connectivity index (χ0v) is 9.82. The molecule has 0 amide bonds. The third-order valence-electron chi connectivity index (χ3n) is 1.43. The van der Waals surface area contributed by atoms with Crippen molar-refractivity contribution < 1.29 is 13.5 Å². The molecular formula is C8H6Br2F2O. The van der Waals surface area contributed by atoms with Crippen LogP contribution in [-0.4, -0.2) is 6.61 Å². The van der Waals surface area contributed by atoms with E-state index in [0.29, 0.717) is 4.47 Å². The Labute approximate surface area is 91.3 Å². The summed E-state index contributed by atoms with van der Waals surface area (Å²) in [5.41, 5.74) is 0.952. The van der Waals surface area contributed by atoms with Gasteiger partial charge in [0.05, 0.1) is 4.47 Å². The Hall–Kier alpha value is -0.160. The molecule has 0 bridgehead atoms. The lowest BCUT2D eigenvalue weighted by Gasteiger charge is -2.08. The summed E-state index contributed by atoms with van der Waals surface area (Å²) in [4.78, 5) is 0. The minimum atomic E-state index is -2.80. The molecule has 0 aromatic heterocycles. The second-order valence-corrected chi connectivity index (χ2v) is 4.12. The summed E-state index contributed by atoms with van der Waals surface area (Å²) in [6.45, 7) is -0.938. The van der Waals surface area contributed by atoms with Gasteiger partial charge in [0, 0.05) is 4.47 Å². The quantitative estimate of drug-likeness (QED) is 0.797. The van der Waals surface area contributed by atoms with Crippen LogP contribution in [0.3, 0.4) is 0 Å². The van der Waals surface area contributed by atoms with Crippen molar-refractivity contribution >= 4 is 31.9 Å². The van der Waals surface area contributed by atoms with Crippen LogP contribution in [0.5, 0.6) is 5.75 Å². The maximum absolute atomic E-state index is 11.9. The minimum Gasteiger partial charge on any atom is -0.434 e. The van der Waals surface area contributed by atoms with Crippen LogP contribution in [-0.2, 0) is 0 Å². The molecule has 0 spiro atoms. The predicted molar refractivity (Wildman–Crippen MR) is 53.2 cm³/mol. The van der Waals surface area contributed by atoms with Crippen LogP contribution in [0.1, 0.15) is 5.56 Å². The SMILES string of the molecule is Cc1cc(Br)c(OC(F)F)cc1Br. The summed E-state index contributed by atoms with van der Waals surface area (Å²) in [5.74, 6) is 0.132. The second-order valence-electron chi connectivity index (χ2n) is 2.41. The molecule has 5 heteroatoms. The Morgan fingerprint density at radius 3 is 2.38 bits per heavy atom. The van der Waals surface area contributed by atoms with Gasteiger partial charge in [0.15, 0.2) is 0 Å². The Bertz CT molecular complexity index is 315. The van der Waals surface area contributed by atoms with Gasteiger partial charge >= 0.3 is 6.61 Å². The molecule has 1 aromatic carbocycles. The maximum Gasteiger partial charge on any atom is 0.387 e. The highest BCUT2D eigenvalue weighted by Crippen LogP contribution is 2.32. The first-order valence-corrected chi connectivity index (χ1v) is 4.99. The molecule has 0 aliphatic rings. The van der Waals surface area contributed by atoms with Gasteiger partial charge in [-0.3, -0.25) is 0 Å². The van der Waals surface area contributed by atoms with Crippen LogP contribution in [0, 0.1) is 6.92 Å². The standard InChI is InChI=1S/C8H6Br2F2O/c1-4-2-6(10)7(3-5(4)9)13-8(11)12/h2-3,8H,1H3. The molecule has 0 aliphatic carbocycles. The molecule has 0 N–H and O–H groups in total. The summed E-state index contributed by atoms with van der Waals surface area (Å²) < 4.78 is 29.3. The van der Waals surface area contributed by atoms with E-state index in [9.17, 15) is 8.78 Å². The normalized spacial score (nSPS) is 10.6. The topological polar surface area (TPSA) is 9.23 Å². The van der Waals surface area contributed by atoms with Gasteiger partial charge in [-0.05, 0) is 40.5 Å². The number of hydrogen-bond donors (Lipinski definition) is 0. The predicted octanol–water partition coefficient (Wildman–Crippen LogP) is 4.12. The number of aryl methyl sites for hydroxylation is 1. The van der Waals surface area contributed by atoms with Gasteiger partial charge in [0.1, 0.15) is 5.75 Å². The lowest BCUT2D eigenvalue weighted by molar-refractivity contribution is -0.0504. The van der Waals surface area contributed by atoms with Crippen LogP contribution < -0.4 is 4.74 Å². The van der Waals surface area contributed by atoms with Crippen molar-refractivity contribution in [2.24, 2.45) is 0 Å². The van der Waals surface area contributed by atoms with Crippen LogP contribution >= 0.6 is 31.9 Å². The van der Waals surface area contributed by atoms with Crippen LogP contribution in [0.25, 0.3) is 0 Å². The molecular weight excluding hydrogens is 310 g/mol. The molecule has 1 rings (SSSR count). The Kier molecular flexibility index (Phi) is 3.67. The molecule has 1 aromatic rings. The first-order valence-electron chi connectivity index (χ1n) is 3.41. The molecule has 0 unspecified atom stereocenters. The molecule has 1 nitrogen and oxygen atoms in total. The van der Waals surface area contributed by atoms with E-state index < -0.39 is 6.61 Å². The third kappa shape index (κ3) is 2.91. The number of benzene rings is 1. The molecule has 0 aliphatic heterocycles. The number of hydrogen-bond acceptors (Lipinski definition) is 1. The van der Waals surface area contributed by atoms with Gasteiger partial charge in [-0.15, -0.1) is 0 Å². The van der Waals surface area contributed by atoms with E-state index >= 15 is 0 Å². The minimum absolute atomic E-state index is 0.132. The van der Waals surface area contributed by atoms with Crippen LogP contribution in [0.15, 0.2) is 21.1 Å². The highest BCUT2D eigenvalue weighted by atomic mass is 79.9. The van der Waals surface area contributed by atoms with Gasteiger partial charge in [0.25, 0.3) is 0 Å². The summed E-state index contributed by atoms with van der Waals surface area (Å²) in [7, 11) is 0. The summed E-state index contributed by atoms with van der Waals surface area (Å²) in [6.07, 6.45) is 0. The first kappa shape index (κ1) is 10.9. The lowest BCUT2D eigenvalue weighted by atomic mass is 10.2. The molecule has 0 saturated heterocycles. The fourth-order valence-electron chi connectivity index (χ4n) is 0.814. The van der Waals surface area contributed by atoms with E-state index in [0.717, 1.165) is 10.0 Å². The third-order valence-corrected chi connectivity index (χ3v) is 2.90. The van der Waals surface area contributed by atoms with E-state index in [1.165, 1.54) is 6.07 Å². The van der Waals surface area contributed by atoms with Crippen molar-refractivity contribution in [1.82, 2.24) is 0 Å². The van der Waals surface area contributed by atoms with Crippen molar-refractivity contribution in [1.29, 1.82) is 0 Å². The van der Waals surface area contributed by atoms with Gasteiger partial charge in [-0.1, -0.05) is 15.9 Å². The van der Waals surface area contributed by atoms with E-state index in [4.69, 9.17) is 0 Å². The average molecular weight is 316 g/mol. The monoisotopic (exact) mass is 314 g/mol. The van der Waals surface area contributed by atoms with Crippen LogP contribution in [0.4, 0.5) is 8.78 Å². The van der Waals surface area contributed by atoms with E-state index in [2.05, 4.69) is 36.6 Å². The van der Waals surface area contributed by atoms with Crippen molar-refractivity contribution in [3.8, 4) is 5.75 Å². The van der Waals surface area contributed by atoms with E-state index in [1.807, 2.05) is 6.92 Å². The first-order chi connectivity index (χ1) is 6.00. The zero-order valence-electron chi connectivity index (χ0n) is 6.65. The Morgan fingerprint density at radius 2 is 1.85 bits per heavy atom. The number of ether oxygens (including phenoxy) is 1. The van der Waals surface area contributed by atoms with Crippen molar-refractivity contribution in [2.45, 2.75) is 13.5 Å². The highest BCUT2D eigenvalue weighted by molar-refractivity contribution is 9.11. The summed E-state index contributed by atoms with van der Waals surface area (Å²) >= 11 is 6.35. The van der Waals surface area contributed by atoms with Crippen molar-refractivity contribution in [3.05, 3.63) is 26.6 Å². The van der Waals surface area contributed by atoms with E-state index in [1.54, 1.807) is 6.07 Å². The molecule has 0 fully saturated rings. The largest absolute Gasteiger partial charge is 0.434 e. The van der Waals surface area contributed by atoms with Gasteiger partial charge in [-0.2, -0.15) is 8.78 Å². The number of halogens is 4. The summed E-state index contributed by atoms with van der Waals surface area (Å²) in [6, 6.07) is 3.22. The second kappa shape index (κ2) is 4.37. The van der Waals surface area contributed by atoms with Gasteiger partial charge < -0.3 is 4.74 Å². The van der Waals surface area contributed by atoms with Crippen molar-refractivity contribution in [2.75, 3.05) is 0 Å². The molecule has 0 saturated carbocycles. The fourth-order valence-corrected chi connectivity index (χ4v) is 1.69. The smallest absolute Gasteiger partial charge is 0.387 e. The maximum atomic E-state index is 11.9. The lowest BCUT2D eigenvalue weighted by Crippen LogP contribution is -2.02. The van der Waals surface area contributed by atoms with Crippen LogP contribution in [0.2, 0.25) is 0 Å². The van der Waals surface area contributed by atoms with E-state index in [-0.39, 0.29) is 5.75 Å². The molecule has 72 valence electrons. The molecule has 0 heterocycles. The molecule has 13 heavy (non-hydrogen) atoms. The Morgan fingerprint density at radius 1 is 1.23 bits per heavy atom. The molecule has 0 atom stereocenters. The summed E-state index contributed by atoms with van der Waals surface area (Å²) in [5, 5.41) is 0. The zero-order chi connectivity index (χ0) is 10.0. The Balaban J connectivity index is 3.01. The average Bonchev–Trinajstić information content (AvgIpc) is 1.99.